The molecule has 2 heterocycles. The molecule has 1 N–H and O–H groups in total. The van der Waals surface area contributed by atoms with Crippen LogP contribution in [-0.2, 0) is 6.18 Å². The number of aryl methyl sites for hydroxylation is 1. The third-order valence-corrected chi connectivity index (χ3v) is 5.85. The van der Waals surface area contributed by atoms with Gasteiger partial charge in [-0.15, -0.1) is 0 Å². The van der Waals surface area contributed by atoms with Gasteiger partial charge in [0, 0.05) is 12.6 Å². The highest BCUT2D eigenvalue weighted by Gasteiger charge is 2.41. The minimum atomic E-state index is -4.72. The van der Waals surface area contributed by atoms with Gasteiger partial charge in [0.1, 0.15) is 0 Å². The van der Waals surface area contributed by atoms with Crippen LogP contribution in [0.1, 0.15) is 48.3 Å². The van der Waals surface area contributed by atoms with Gasteiger partial charge < -0.3 is 10.2 Å². The fourth-order valence-corrected chi connectivity index (χ4v) is 4.19. The Morgan fingerprint density at radius 2 is 2.00 bits per heavy atom. The Morgan fingerprint density at radius 3 is 2.62 bits per heavy atom. The Hall–Kier alpha value is -2.35. The van der Waals surface area contributed by atoms with E-state index in [9.17, 15) is 18.0 Å². The smallest absolute Gasteiger partial charge is 0.350 e. The Morgan fingerprint density at radius 1 is 1.31 bits per heavy atom. The third-order valence-electron chi connectivity index (χ3n) is 5.85. The number of aromatic nitrogens is 2. The van der Waals surface area contributed by atoms with Gasteiger partial charge in [-0.3, -0.25) is 4.79 Å². The van der Waals surface area contributed by atoms with Gasteiger partial charge >= 0.3 is 6.18 Å². The average Bonchev–Trinajstić information content (AvgIpc) is 3.06. The van der Waals surface area contributed by atoms with Crippen molar-refractivity contribution < 1.29 is 18.0 Å². The first-order valence-corrected chi connectivity index (χ1v) is 9.72. The van der Waals surface area contributed by atoms with Crippen LogP contribution in [0.3, 0.4) is 0 Å². The van der Waals surface area contributed by atoms with E-state index in [4.69, 9.17) is 0 Å². The van der Waals surface area contributed by atoms with Crippen molar-refractivity contribution >= 4 is 5.91 Å². The summed E-state index contributed by atoms with van der Waals surface area (Å²) in [5, 5.41) is 6.61. The quantitative estimate of drug-likeness (QED) is 0.831. The number of likely N-dealkylation sites (N-methyl/N-ethyl adjacent to an activating group) is 1. The number of benzene rings is 1. The Balaban J connectivity index is 1.89. The fraction of sp³-hybridized carbons (Fsp3) is 0.524. The number of hydrogen-bond donors (Lipinski definition) is 1. The SMILES string of the molecule is Cc1ccccc1-n1ncc(C(=O)NC[C@H]2N(C)CCCC2(C)C)c1C(F)(F)F. The van der Waals surface area contributed by atoms with Crippen LogP contribution >= 0.6 is 0 Å². The number of halogens is 3. The summed E-state index contributed by atoms with van der Waals surface area (Å²) in [4.78, 5) is 14.9. The molecule has 8 heteroatoms. The summed E-state index contributed by atoms with van der Waals surface area (Å²) in [5.41, 5.74) is -0.610. The first kappa shape index (κ1) is 21.4. The molecule has 158 valence electrons. The summed E-state index contributed by atoms with van der Waals surface area (Å²) >= 11 is 0. The van der Waals surface area contributed by atoms with Crippen LogP contribution in [0.5, 0.6) is 0 Å². The Kier molecular flexibility index (Phi) is 5.76. The van der Waals surface area contributed by atoms with E-state index >= 15 is 0 Å². The maximum Gasteiger partial charge on any atom is 0.434 e. The van der Waals surface area contributed by atoms with Crippen molar-refractivity contribution in [2.24, 2.45) is 5.41 Å². The summed E-state index contributed by atoms with van der Waals surface area (Å²) in [6, 6.07) is 6.70. The lowest BCUT2D eigenvalue weighted by molar-refractivity contribution is -0.143. The Labute approximate surface area is 168 Å². The number of likely N-dealkylation sites (tertiary alicyclic amines) is 1. The van der Waals surface area contributed by atoms with Crippen molar-refractivity contribution in [3.05, 3.63) is 47.3 Å². The molecule has 29 heavy (non-hydrogen) atoms. The maximum absolute atomic E-state index is 13.9. The van der Waals surface area contributed by atoms with Gasteiger partial charge in [-0.05, 0) is 50.4 Å². The van der Waals surface area contributed by atoms with Gasteiger partial charge in [-0.2, -0.15) is 18.3 Å². The molecule has 1 aromatic carbocycles. The number of carbonyl (C=O) groups is 1. The highest BCUT2D eigenvalue weighted by molar-refractivity contribution is 5.95. The van der Waals surface area contributed by atoms with E-state index in [-0.39, 0.29) is 18.0 Å². The third kappa shape index (κ3) is 4.32. The molecule has 1 aromatic heterocycles. The van der Waals surface area contributed by atoms with Crippen LogP contribution in [0, 0.1) is 12.3 Å². The van der Waals surface area contributed by atoms with Crippen LogP contribution < -0.4 is 5.32 Å². The molecule has 0 spiro atoms. The van der Waals surface area contributed by atoms with E-state index in [1.54, 1.807) is 31.2 Å². The maximum atomic E-state index is 13.9. The monoisotopic (exact) mass is 408 g/mol. The first-order valence-electron chi connectivity index (χ1n) is 9.72. The molecule has 1 amide bonds. The summed E-state index contributed by atoms with van der Waals surface area (Å²) in [6.07, 6.45) is -1.64. The molecule has 2 aromatic rings. The molecule has 0 unspecified atom stereocenters. The minimum Gasteiger partial charge on any atom is -0.350 e. The lowest BCUT2D eigenvalue weighted by Gasteiger charge is -2.45. The largest absolute Gasteiger partial charge is 0.434 e. The van der Waals surface area contributed by atoms with Gasteiger partial charge in [-0.1, -0.05) is 32.0 Å². The molecular weight excluding hydrogens is 381 g/mol. The molecule has 0 saturated carbocycles. The normalized spacial score (nSPS) is 19.9. The number of piperidine rings is 1. The van der Waals surface area contributed by atoms with E-state index < -0.39 is 23.3 Å². The van der Waals surface area contributed by atoms with Crippen molar-refractivity contribution in [3.8, 4) is 5.69 Å². The minimum absolute atomic E-state index is 0.0293. The topological polar surface area (TPSA) is 50.2 Å². The fourth-order valence-electron chi connectivity index (χ4n) is 4.19. The summed E-state index contributed by atoms with van der Waals surface area (Å²) in [6.45, 7) is 7.14. The van der Waals surface area contributed by atoms with Gasteiger partial charge in [0.05, 0.1) is 17.4 Å². The van der Waals surface area contributed by atoms with Crippen molar-refractivity contribution in [2.45, 2.75) is 45.8 Å². The second kappa shape index (κ2) is 7.82. The Bertz CT molecular complexity index is 888. The van der Waals surface area contributed by atoms with E-state index in [2.05, 4.69) is 29.2 Å². The number of para-hydroxylation sites is 1. The number of hydrogen-bond acceptors (Lipinski definition) is 3. The predicted octanol–water partition coefficient (Wildman–Crippen LogP) is 4.05. The number of alkyl halides is 3. The molecule has 0 bridgehead atoms. The molecule has 1 fully saturated rings. The number of carbonyl (C=O) groups excluding carboxylic acids is 1. The molecule has 1 aliphatic rings. The number of amides is 1. The molecule has 0 radical (unpaired) electrons. The highest BCUT2D eigenvalue weighted by Crippen LogP contribution is 2.35. The second-order valence-corrected chi connectivity index (χ2v) is 8.40. The van der Waals surface area contributed by atoms with Crippen LogP contribution in [0.2, 0.25) is 0 Å². The highest BCUT2D eigenvalue weighted by atomic mass is 19.4. The molecule has 0 aliphatic carbocycles. The van der Waals surface area contributed by atoms with Crippen molar-refractivity contribution in [1.82, 2.24) is 20.0 Å². The van der Waals surface area contributed by atoms with Crippen LogP contribution in [0.25, 0.3) is 5.69 Å². The van der Waals surface area contributed by atoms with Gasteiger partial charge in [0.25, 0.3) is 5.91 Å². The zero-order valence-corrected chi connectivity index (χ0v) is 17.2. The molecule has 1 saturated heterocycles. The van der Waals surface area contributed by atoms with Crippen LogP contribution in [0.15, 0.2) is 30.5 Å². The standard InChI is InChI=1S/C21H27F3N4O/c1-14-8-5-6-9-16(14)28-18(21(22,23)24)15(12-26-28)19(29)25-13-17-20(2,3)10-7-11-27(17)4/h5-6,8-9,12,17H,7,10-11,13H2,1-4H3,(H,25,29)/t17-/m1/s1. The van der Waals surface area contributed by atoms with E-state index in [1.807, 2.05) is 7.05 Å². The summed E-state index contributed by atoms with van der Waals surface area (Å²) < 4.78 is 42.4. The molecule has 5 nitrogen and oxygen atoms in total. The van der Waals surface area contributed by atoms with Gasteiger partial charge in [-0.25, -0.2) is 4.68 Å². The average molecular weight is 408 g/mol. The van der Waals surface area contributed by atoms with Crippen molar-refractivity contribution in [2.75, 3.05) is 20.1 Å². The number of nitrogens with zero attached hydrogens (tertiary/aromatic N) is 3. The number of rotatable bonds is 4. The zero-order chi connectivity index (χ0) is 21.4. The summed E-state index contributed by atoms with van der Waals surface area (Å²) in [5.74, 6) is -0.757. The number of nitrogens with one attached hydrogen (secondary N) is 1. The van der Waals surface area contributed by atoms with Gasteiger partial charge in [0.15, 0.2) is 5.69 Å². The summed E-state index contributed by atoms with van der Waals surface area (Å²) in [7, 11) is 1.98. The van der Waals surface area contributed by atoms with E-state index in [0.717, 1.165) is 30.3 Å². The lowest BCUT2D eigenvalue weighted by Crippen LogP contribution is -2.53. The predicted molar refractivity (Wildman–Crippen MR) is 105 cm³/mol. The first-order chi connectivity index (χ1) is 13.5. The van der Waals surface area contributed by atoms with Crippen molar-refractivity contribution in [1.29, 1.82) is 0 Å². The lowest BCUT2D eigenvalue weighted by atomic mass is 9.76. The van der Waals surface area contributed by atoms with Crippen molar-refractivity contribution in [3.63, 3.8) is 0 Å². The van der Waals surface area contributed by atoms with Crippen LogP contribution in [-0.4, -0.2) is 46.8 Å². The van der Waals surface area contributed by atoms with E-state index in [1.165, 1.54) is 0 Å². The molecule has 3 rings (SSSR count). The van der Waals surface area contributed by atoms with Crippen LogP contribution in [0.4, 0.5) is 13.2 Å². The molecule has 1 aliphatic heterocycles. The zero-order valence-electron chi connectivity index (χ0n) is 17.2. The van der Waals surface area contributed by atoms with Gasteiger partial charge in [0.2, 0.25) is 0 Å². The van der Waals surface area contributed by atoms with E-state index in [0.29, 0.717) is 11.3 Å². The molecular formula is C21H27F3N4O. The second-order valence-electron chi connectivity index (χ2n) is 8.40. The molecule has 1 atom stereocenters.